The summed E-state index contributed by atoms with van der Waals surface area (Å²) in [6.07, 6.45) is 1.71. The molecule has 32 heavy (non-hydrogen) atoms. The first-order chi connectivity index (χ1) is 15.4. The Bertz CT molecular complexity index is 1120. The zero-order valence-electron chi connectivity index (χ0n) is 17.2. The Hall–Kier alpha value is -2.62. The van der Waals surface area contributed by atoms with Crippen molar-refractivity contribution in [2.24, 2.45) is 0 Å². The normalized spacial score (nSPS) is 11.6. The molecule has 2 amide bonds. The molecule has 0 radical (unpaired) electrons. The van der Waals surface area contributed by atoms with Gasteiger partial charge in [0.15, 0.2) is 11.0 Å². The Labute approximate surface area is 203 Å². The van der Waals surface area contributed by atoms with Crippen molar-refractivity contribution in [3.8, 4) is 0 Å². The Balaban J connectivity index is 1.66. The Morgan fingerprint density at radius 1 is 1.25 bits per heavy atom. The number of thioether (sulfide) groups is 1. The molecule has 3 aromatic rings. The minimum Gasteiger partial charge on any atom is -0.342 e. The van der Waals surface area contributed by atoms with Crippen LogP contribution in [0.3, 0.4) is 0 Å². The fraction of sp³-hybridized carbons (Fsp3) is 0.182. The third-order valence-electron chi connectivity index (χ3n) is 4.34. The number of hydrogen-bond donors (Lipinski definition) is 2. The first-order valence-electron chi connectivity index (χ1n) is 9.66. The van der Waals surface area contributed by atoms with E-state index in [0.717, 1.165) is 4.47 Å². The Morgan fingerprint density at radius 2 is 2.00 bits per heavy atom. The van der Waals surface area contributed by atoms with Crippen LogP contribution in [0, 0.1) is 0 Å². The van der Waals surface area contributed by atoms with Crippen molar-refractivity contribution in [2.75, 3.05) is 11.1 Å². The molecule has 1 unspecified atom stereocenters. The van der Waals surface area contributed by atoms with Crippen LogP contribution in [0.5, 0.6) is 0 Å². The molecule has 0 fully saturated rings. The van der Waals surface area contributed by atoms with Crippen molar-refractivity contribution in [1.82, 2.24) is 20.1 Å². The average molecular weight is 535 g/mol. The lowest BCUT2D eigenvalue weighted by Crippen LogP contribution is -2.28. The van der Waals surface area contributed by atoms with E-state index in [-0.39, 0.29) is 17.6 Å². The highest BCUT2D eigenvalue weighted by Crippen LogP contribution is 2.22. The number of benzene rings is 2. The molecule has 0 aliphatic carbocycles. The van der Waals surface area contributed by atoms with Crippen LogP contribution in [0.1, 0.15) is 29.1 Å². The largest absolute Gasteiger partial charge is 0.342 e. The molecule has 2 aromatic carbocycles. The van der Waals surface area contributed by atoms with Gasteiger partial charge in [-0.25, -0.2) is 0 Å². The van der Waals surface area contributed by atoms with Gasteiger partial charge in [-0.3, -0.25) is 9.59 Å². The molecule has 1 aromatic heterocycles. The topological polar surface area (TPSA) is 88.9 Å². The minimum atomic E-state index is -0.417. The van der Waals surface area contributed by atoms with E-state index in [1.807, 2.05) is 35.8 Å². The van der Waals surface area contributed by atoms with Crippen molar-refractivity contribution in [3.63, 3.8) is 0 Å². The van der Waals surface area contributed by atoms with Gasteiger partial charge in [0.1, 0.15) is 0 Å². The fourth-order valence-corrected chi connectivity index (χ4v) is 4.07. The second kappa shape index (κ2) is 11.3. The van der Waals surface area contributed by atoms with Crippen LogP contribution in [0.15, 0.2) is 70.8 Å². The summed E-state index contributed by atoms with van der Waals surface area (Å²) >= 11 is 10.6. The SMILES string of the molecule is C=CCn1c(SCC(=O)Nc2ccc(Br)cc2)nnc1C(C)NC(=O)c1cccc(Cl)c1. The fourth-order valence-electron chi connectivity index (χ4n) is 2.86. The van der Waals surface area contributed by atoms with Gasteiger partial charge in [-0.2, -0.15) is 0 Å². The molecule has 0 aliphatic rings. The third-order valence-corrected chi connectivity index (χ3v) is 6.07. The molecule has 3 rings (SSSR count). The lowest BCUT2D eigenvalue weighted by atomic mass is 10.2. The summed E-state index contributed by atoms with van der Waals surface area (Å²) in [6.45, 7) is 6.04. The quantitative estimate of drug-likeness (QED) is 0.294. The number of nitrogens with one attached hydrogen (secondary N) is 2. The zero-order valence-corrected chi connectivity index (χ0v) is 20.4. The van der Waals surface area contributed by atoms with E-state index in [1.165, 1.54) is 11.8 Å². The summed E-state index contributed by atoms with van der Waals surface area (Å²) in [5.74, 6) is 0.302. The van der Waals surface area contributed by atoms with Gasteiger partial charge in [-0.1, -0.05) is 51.4 Å². The predicted molar refractivity (Wildman–Crippen MR) is 131 cm³/mol. The maximum atomic E-state index is 12.6. The molecule has 1 heterocycles. The smallest absolute Gasteiger partial charge is 0.251 e. The van der Waals surface area contributed by atoms with Crippen molar-refractivity contribution in [1.29, 1.82) is 0 Å². The van der Waals surface area contributed by atoms with E-state index >= 15 is 0 Å². The van der Waals surface area contributed by atoms with E-state index in [2.05, 4.69) is 43.3 Å². The summed E-state index contributed by atoms with van der Waals surface area (Å²) < 4.78 is 2.76. The number of carbonyl (C=O) groups is 2. The van der Waals surface area contributed by atoms with Crippen LogP contribution in [0.4, 0.5) is 5.69 Å². The first kappa shape index (κ1) is 24.0. The van der Waals surface area contributed by atoms with Crippen molar-refractivity contribution < 1.29 is 9.59 Å². The van der Waals surface area contributed by atoms with E-state index in [1.54, 1.807) is 30.3 Å². The summed E-state index contributed by atoms with van der Waals surface area (Å²) in [7, 11) is 0. The minimum absolute atomic E-state index is 0.158. The zero-order chi connectivity index (χ0) is 23.1. The van der Waals surface area contributed by atoms with Gasteiger partial charge in [0.05, 0.1) is 11.8 Å². The summed E-state index contributed by atoms with van der Waals surface area (Å²) in [4.78, 5) is 24.9. The Kier molecular flexibility index (Phi) is 8.49. The Morgan fingerprint density at radius 3 is 2.69 bits per heavy atom. The van der Waals surface area contributed by atoms with Crippen molar-refractivity contribution in [3.05, 3.63) is 82.1 Å². The molecule has 0 spiro atoms. The summed E-state index contributed by atoms with van der Waals surface area (Å²) in [5.41, 5.74) is 1.17. The number of aromatic nitrogens is 3. The second-order valence-electron chi connectivity index (χ2n) is 6.79. The average Bonchev–Trinajstić information content (AvgIpc) is 3.17. The van der Waals surface area contributed by atoms with E-state index < -0.39 is 6.04 Å². The summed E-state index contributed by atoms with van der Waals surface area (Å²) in [6, 6.07) is 13.6. The molecule has 166 valence electrons. The third kappa shape index (κ3) is 6.44. The monoisotopic (exact) mass is 533 g/mol. The number of rotatable bonds is 9. The van der Waals surface area contributed by atoms with Gasteiger partial charge < -0.3 is 15.2 Å². The molecule has 2 N–H and O–H groups in total. The molecule has 0 saturated carbocycles. The number of hydrogen-bond acceptors (Lipinski definition) is 5. The van der Waals surface area contributed by atoms with Crippen LogP contribution in [0.2, 0.25) is 5.02 Å². The van der Waals surface area contributed by atoms with E-state index in [4.69, 9.17) is 11.6 Å². The van der Waals surface area contributed by atoms with Crippen LogP contribution in [0.25, 0.3) is 0 Å². The van der Waals surface area contributed by atoms with Crippen LogP contribution in [-0.4, -0.2) is 32.3 Å². The van der Waals surface area contributed by atoms with Crippen molar-refractivity contribution in [2.45, 2.75) is 24.7 Å². The number of allylic oxidation sites excluding steroid dienone is 1. The van der Waals surface area contributed by atoms with E-state index in [9.17, 15) is 9.59 Å². The number of carbonyl (C=O) groups excluding carboxylic acids is 2. The lowest BCUT2D eigenvalue weighted by molar-refractivity contribution is -0.113. The van der Waals surface area contributed by atoms with E-state index in [0.29, 0.717) is 33.8 Å². The predicted octanol–water partition coefficient (Wildman–Crippen LogP) is 5.10. The first-order valence-corrected chi connectivity index (χ1v) is 11.8. The second-order valence-corrected chi connectivity index (χ2v) is 9.08. The molecular formula is C22H21BrClN5O2S. The molecular weight excluding hydrogens is 514 g/mol. The standard InChI is InChI=1S/C22H21BrClN5O2S/c1-3-11-29-20(14(2)25-21(31)15-5-4-6-17(24)12-15)27-28-22(29)32-13-19(30)26-18-9-7-16(23)8-10-18/h3-10,12,14H,1,11,13H2,2H3,(H,25,31)(H,26,30). The van der Waals surface area contributed by atoms with Gasteiger partial charge in [-0.15, -0.1) is 16.8 Å². The van der Waals surface area contributed by atoms with Crippen LogP contribution < -0.4 is 10.6 Å². The highest BCUT2D eigenvalue weighted by Gasteiger charge is 2.20. The molecule has 0 aliphatic heterocycles. The van der Waals surface area contributed by atoms with Gasteiger partial charge in [0, 0.05) is 27.3 Å². The highest BCUT2D eigenvalue weighted by molar-refractivity contribution is 9.10. The molecule has 7 nitrogen and oxygen atoms in total. The van der Waals surface area contributed by atoms with Crippen LogP contribution in [-0.2, 0) is 11.3 Å². The van der Waals surface area contributed by atoms with Crippen LogP contribution >= 0.6 is 39.3 Å². The maximum absolute atomic E-state index is 12.6. The summed E-state index contributed by atoms with van der Waals surface area (Å²) in [5, 5.41) is 15.2. The van der Waals surface area contributed by atoms with Gasteiger partial charge in [0.2, 0.25) is 5.91 Å². The molecule has 0 bridgehead atoms. The highest BCUT2D eigenvalue weighted by atomic mass is 79.9. The van der Waals surface area contributed by atoms with Crippen molar-refractivity contribution >= 4 is 56.8 Å². The maximum Gasteiger partial charge on any atom is 0.251 e. The number of amides is 2. The number of anilines is 1. The molecule has 1 atom stereocenters. The van der Waals surface area contributed by atoms with Gasteiger partial charge >= 0.3 is 0 Å². The number of nitrogens with zero attached hydrogens (tertiary/aromatic N) is 3. The lowest BCUT2D eigenvalue weighted by Gasteiger charge is -2.15. The van der Waals surface area contributed by atoms with Gasteiger partial charge in [0.25, 0.3) is 5.91 Å². The molecule has 0 saturated heterocycles. The number of halogens is 2. The molecule has 10 heteroatoms. The van der Waals surface area contributed by atoms with Gasteiger partial charge in [-0.05, 0) is 49.4 Å².